The van der Waals surface area contributed by atoms with Crippen molar-refractivity contribution in [2.45, 2.75) is 25.6 Å². The summed E-state index contributed by atoms with van der Waals surface area (Å²) >= 11 is 6.47. The number of pyridine rings is 1. The highest BCUT2D eigenvalue weighted by Crippen LogP contribution is 2.40. The molecule has 2 fully saturated rings. The van der Waals surface area contributed by atoms with E-state index in [0.717, 1.165) is 44.4 Å². The average Bonchev–Trinajstić information content (AvgIpc) is 3.77. The van der Waals surface area contributed by atoms with Crippen molar-refractivity contribution >= 4 is 35.1 Å². The predicted molar refractivity (Wildman–Crippen MR) is 169 cm³/mol. The van der Waals surface area contributed by atoms with Gasteiger partial charge in [0, 0.05) is 50.4 Å². The number of carbonyl (C=O) groups is 3. The van der Waals surface area contributed by atoms with Crippen LogP contribution in [0.5, 0.6) is 0 Å². The zero-order chi connectivity index (χ0) is 34.9. The number of imidazole rings is 1. The number of anilines is 1. The average molecular weight is 703 g/mol. The molecular weight excluding hydrogens is 672 g/mol. The topological polar surface area (TPSA) is 178 Å². The van der Waals surface area contributed by atoms with E-state index < -0.39 is 35.0 Å². The summed E-state index contributed by atoms with van der Waals surface area (Å²) in [6.07, 6.45) is -1.16. The third-order valence-corrected chi connectivity index (χ3v) is 8.85. The van der Waals surface area contributed by atoms with Gasteiger partial charge in [0.25, 0.3) is 11.8 Å². The fourth-order valence-electron chi connectivity index (χ4n) is 5.90. The van der Waals surface area contributed by atoms with E-state index in [1.54, 1.807) is 17.0 Å². The van der Waals surface area contributed by atoms with E-state index in [9.17, 15) is 31.9 Å². The van der Waals surface area contributed by atoms with E-state index in [-0.39, 0.29) is 57.6 Å². The lowest BCUT2D eigenvalue weighted by Crippen LogP contribution is -2.52. The van der Waals surface area contributed by atoms with E-state index >= 15 is 0 Å². The molecule has 2 aliphatic heterocycles. The zero-order valence-electron chi connectivity index (χ0n) is 25.8. The number of nitrogens with two attached hydrogens (primary N) is 1. The highest BCUT2D eigenvalue weighted by atomic mass is 35.5. The van der Waals surface area contributed by atoms with Gasteiger partial charge in [-0.25, -0.2) is 14.4 Å². The summed E-state index contributed by atoms with van der Waals surface area (Å²) in [6.45, 7) is 3.26. The van der Waals surface area contributed by atoms with Gasteiger partial charge in [-0.3, -0.25) is 19.5 Å². The van der Waals surface area contributed by atoms with Gasteiger partial charge in [0.2, 0.25) is 5.91 Å². The third-order valence-electron chi connectivity index (χ3n) is 8.54. The molecule has 6 rings (SSSR count). The van der Waals surface area contributed by atoms with Gasteiger partial charge in [0.1, 0.15) is 0 Å². The van der Waals surface area contributed by atoms with Gasteiger partial charge in [-0.05, 0) is 49.7 Å². The molecule has 49 heavy (non-hydrogen) atoms. The Hall–Kier alpha value is -5.03. The number of piperidine rings is 1. The molecule has 0 unspecified atom stereocenters. The SMILES string of the molecule is Nc1ncc(-c2[nH]nc(C(F)(F)F)c2-c2cnc(C(=O)NCc3ccc(C(=O)N4CCN(C(=O)C5CCNCC5)CC4)c(Cl)c3)[nH]2)cc1F. The Labute approximate surface area is 281 Å². The molecule has 1 aromatic carbocycles. The molecule has 2 aliphatic rings. The minimum Gasteiger partial charge on any atom is -0.381 e. The van der Waals surface area contributed by atoms with Gasteiger partial charge in [-0.1, -0.05) is 17.7 Å². The number of nitrogens with zero attached hydrogens (tertiary/aromatic N) is 5. The van der Waals surface area contributed by atoms with Crippen LogP contribution >= 0.6 is 11.6 Å². The molecule has 4 aromatic rings. The first-order valence-corrected chi connectivity index (χ1v) is 15.8. The molecule has 3 amide bonds. The minimum absolute atomic E-state index is 0.0117. The number of piperazine rings is 1. The molecule has 0 atom stereocenters. The maximum absolute atomic E-state index is 14.1. The number of nitrogen functional groups attached to an aromatic ring is 1. The van der Waals surface area contributed by atoms with Crippen LogP contribution in [0, 0.1) is 11.7 Å². The fourth-order valence-corrected chi connectivity index (χ4v) is 6.19. The number of hydrogen-bond acceptors (Lipinski definition) is 8. The summed E-state index contributed by atoms with van der Waals surface area (Å²) in [5.41, 5.74) is 3.93. The monoisotopic (exact) mass is 702 g/mol. The highest BCUT2D eigenvalue weighted by Gasteiger charge is 2.39. The van der Waals surface area contributed by atoms with Crippen molar-refractivity contribution in [3.05, 3.63) is 70.1 Å². The van der Waals surface area contributed by atoms with Crippen LogP contribution in [0.4, 0.5) is 23.4 Å². The van der Waals surface area contributed by atoms with E-state index in [1.165, 1.54) is 6.07 Å². The van der Waals surface area contributed by atoms with Crippen molar-refractivity contribution in [2.24, 2.45) is 5.92 Å². The number of halogens is 5. The lowest BCUT2D eigenvalue weighted by Gasteiger charge is -2.37. The highest BCUT2D eigenvalue weighted by molar-refractivity contribution is 6.33. The largest absolute Gasteiger partial charge is 0.435 e. The molecule has 18 heteroatoms. The van der Waals surface area contributed by atoms with Crippen LogP contribution in [-0.4, -0.2) is 91.9 Å². The van der Waals surface area contributed by atoms with Crippen LogP contribution in [-0.2, 0) is 17.5 Å². The van der Waals surface area contributed by atoms with Crippen LogP contribution in [0.25, 0.3) is 22.5 Å². The number of hydrogen-bond donors (Lipinski definition) is 5. The number of aromatic nitrogens is 5. The number of nitrogens with one attached hydrogen (secondary N) is 4. The number of amides is 3. The Kier molecular flexibility index (Phi) is 9.56. The van der Waals surface area contributed by atoms with Gasteiger partial charge in [-0.2, -0.15) is 18.3 Å². The number of alkyl halides is 3. The maximum Gasteiger partial charge on any atom is 0.435 e. The molecular formula is C31H31ClF4N10O3. The maximum atomic E-state index is 14.1. The second kappa shape index (κ2) is 13.8. The minimum atomic E-state index is -4.90. The third kappa shape index (κ3) is 7.22. The van der Waals surface area contributed by atoms with Crippen molar-refractivity contribution < 1.29 is 31.9 Å². The van der Waals surface area contributed by atoms with Gasteiger partial charge in [-0.15, -0.1) is 0 Å². The Morgan fingerprint density at radius 1 is 1.02 bits per heavy atom. The molecule has 0 radical (unpaired) electrons. The number of benzene rings is 1. The summed E-state index contributed by atoms with van der Waals surface area (Å²) < 4.78 is 55.6. The van der Waals surface area contributed by atoms with E-state index in [4.69, 9.17) is 17.3 Å². The van der Waals surface area contributed by atoms with Crippen LogP contribution in [0.15, 0.2) is 36.7 Å². The molecule has 0 bridgehead atoms. The summed E-state index contributed by atoms with van der Waals surface area (Å²) in [4.78, 5) is 52.6. The summed E-state index contributed by atoms with van der Waals surface area (Å²) in [5, 5.41) is 11.7. The molecule has 13 nitrogen and oxygen atoms in total. The van der Waals surface area contributed by atoms with Crippen molar-refractivity contribution in [1.82, 2.24) is 45.6 Å². The second-order valence-corrected chi connectivity index (χ2v) is 12.1. The summed E-state index contributed by atoms with van der Waals surface area (Å²) in [7, 11) is 0. The van der Waals surface area contributed by atoms with E-state index in [2.05, 4.69) is 35.8 Å². The molecule has 6 N–H and O–H groups in total. The van der Waals surface area contributed by atoms with E-state index in [0.29, 0.717) is 31.7 Å². The normalized spacial score (nSPS) is 15.8. The number of H-pyrrole nitrogens is 2. The fraction of sp³-hybridized carbons (Fsp3) is 0.355. The molecule has 0 aliphatic carbocycles. The van der Waals surface area contributed by atoms with Crippen molar-refractivity contribution in [3.63, 3.8) is 0 Å². The number of rotatable bonds is 7. The van der Waals surface area contributed by atoms with Gasteiger partial charge in [0.05, 0.1) is 33.7 Å². The predicted octanol–water partition coefficient (Wildman–Crippen LogP) is 3.47. The van der Waals surface area contributed by atoms with Crippen LogP contribution in [0.3, 0.4) is 0 Å². The summed E-state index contributed by atoms with van der Waals surface area (Å²) in [5.74, 6) is -2.53. The Morgan fingerprint density at radius 3 is 2.41 bits per heavy atom. The first kappa shape index (κ1) is 33.9. The molecule has 0 saturated carbocycles. The molecule has 2 saturated heterocycles. The number of carbonyl (C=O) groups excluding carboxylic acids is 3. The molecule has 3 aromatic heterocycles. The second-order valence-electron chi connectivity index (χ2n) is 11.7. The van der Waals surface area contributed by atoms with Gasteiger partial charge in [0.15, 0.2) is 23.2 Å². The van der Waals surface area contributed by atoms with Crippen molar-refractivity contribution in [2.75, 3.05) is 45.0 Å². The quantitative estimate of drug-likeness (QED) is 0.182. The lowest BCUT2D eigenvalue weighted by atomic mass is 9.96. The lowest BCUT2D eigenvalue weighted by molar-refractivity contribution is -0.140. The Balaban J connectivity index is 1.09. The molecule has 0 spiro atoms. The Bertz CT molecular complexity index is 1880. The zero-order valence-corrected chi connectivity index (χ0v) is 26.6. The Morgan fingerprint density at radius 2 is 1.73 bits per heavy atom. The first-order valence-electron chi connectivity index (χ1n) is 15.4. The van der Waals surface area contributed by atoms with Crippen LogP contribution < -0.4 is 16.4 Å². The van der Waals surface area contributed by atoms with Crippen LogP contribution in [0.1, 0.15) is 45.1 Å². The van der Waals surface area contributed by atoms with Crippen molar-refractivity contribution in [3.8, 4) is 22.5 Å². The van der Waals surface area contributed by atoms with Crippen molar-refractivity contribution in [1.29, 1.82) is 0 Å². The number of aromatic amines is 2. The first-order chi connectivity index (χ1) is 23.4. The standard InChI is InChI=1S/C31H31ClF4N10O3/c32-20-11-16(1-2-19(20)30(49)46-9-7-45(8-10-46)29(48)17-3-5-38-6-4-17)13-41-28(47)27-40-15-22(42-27)23-24(43-44-25(23)31(34,35)36)18-12-21(33)26(37)39-14-18/h1-2,11-12,14-15,17,38H,3-10,13H2,(H2,37,39)(H,40,42)(H,41,47)(H,43,44). The van der Waals surface area contributed by atoms with E-state index in [1.807, 2.05) is 4.90 Å². The van der Waals surface area contributed by atoms with Gasteiger partial charge >= 0.3 is 6.18 Å². The van der Waals surface area contributed by atoms with Gasteiger partial charge < -0.3 is 31.2 Å². The molecule has 258 valence electrons. The molecule has 5 heterocycles. The summed E-state index contributed by atoms with van der Waals surface area (Å²) in [6, 6.07) is 5.62. The van der Waals surface area contributed by atoms with Crippen LogP contribution in [0.2, 0.25) is 5.02 Å². The smallest absolute Gasteiger partial charge is 0.381 e.